The summed E-state index contributed by atoms with van der Waals surface area (Å²) < 4.78 is 5.36. The number of carbonyl (C=O) groups is 2. The molecule has 0 radical (unpaired) electrons. The molecule has 0 spiro atoms. The fourth-order valence-corrected chi connectivity index (χ4v) is 4.02. The van der Waals surface area contributed by atoms with Crippen molar-refractivity contribution in [3.63, 3.8) is 0 Å². The summed E-state index contributed by atoms with van der Waals surface area (Å²) >= 11 is 0. The zero-order chi connectivity index (χ0) is 20.1. The molecule has 2 aliphatic rings. The highest BCUT2D eigenvalue weighted by Crippen LogP contribution is 2.33. The summed E-state index contributed by atoms with van der Waals surface area (Å²) in [7, 11) is 0. The molecular formula is C20H31N5O3. The summed E-state index contributed by atoms with van der Waals surface area (Å²) in [4.78, 5) is 40.5. The number of amides is 2. The Morgan fingerprint density at radius 1 is 1.21 bits per heavy atom. The van der Waals surface area contributed by atoms with E-state index in [1.165, 1.54) is 0 Å². The van der Waals surface area contributed by atoms with Crippen molar-refractivity contribution in [2.45, 2.75) is 39.7 Å². The molecule has 1 atom stereocenters. The lowest BCUT2D eigenvalue weighted by Gasteiger charge is -2.30. The third-order valence-electron chi connectivity index (χ3n) is 5.60. The van der Waals surface area contributed by atoms with Crippen LogP contribution in [0.3, 0.4) is 0 Å². The van der Waals surface area contributed by atoms with Gasteiger partial charge in [0.25, 0.3) is 5.91 Å². The molecule has 154 valence electrons. The predicted octanol–water partition coefficient (Wildman–Crippen LogP) is 1.26. The monoisotopic (exact) mass is 389 g/mol. The molecule has 3 rings (SSSR count). The van der Waals surface area contributed by atoms with Crippen molar-refractivity contribution in [3.05, 3.63) is 23.3 Å². The Labute approximate surface area is 166 Å². The van der Waals surface area contributed by atoms with E-state index in [1.807, 2.05) is 25.7 Å². The molecule has 2 aliphatic heterocycles. The fraction of sp³-hybridized carbons (Fsp3) is 0.700. The predicted molar refractivity (Wildman–Crippen MR) is 105 cm³/mol. The summed E-state index contributed by atoms with van der Waals surface area (Å²) in [5, 5.41) is 0. The molecule has 2 fully saturated rings. The van der Waals surface area contributed by atoms with Crippen LogP contribution >= 0.6 is 0 Å². The number of aryl methyl sites for hydroxylation is 1. The molecular weight excluding hydrogens is 358 g/mol. The number of hydrogen-bond acceptors (Lipinski definition) is 6. The fourth-order valence-electron chi connectivity index (χ4n) is 4.02. The highest BCUT2D eigenvalue weighted by molar-refractivity contribution is 5.95. The molecule has 8 heteroatoms. The largest absolute Gasteiger partial charge is 0.378 e. The topological polar surface area (TPSA) is 78.9 Å². The van der Waals surface area contributed by atoms with Gasteiger partial charge in [0, 0.05) is 32.4 Å². The van der Waals surface area contributed by atoms with Crippen molar-refractivity contribution in [2.24, 2.45) is 0 Å². The Kier molecular flexibility index (Phi) is 6.96. The second-order valence-electron chi connectivity index (χ2n) is 7.32. The maximum absolute atomic E-state index is 13.1. The number of likely N-dealkylation sites (N-methyl/N-ethyl adjacent to an activating group) is 1. The van der Waals surface area contributed by atoms with Gasteiger partial charge in [0.2, 0.25) is 5.91 Å². The van der Waals surface area contributed by atoms with Gasteiger partial charge >= 0.3 is 0 Å². The summed E-state index contributed by atoms with van der Waals surface area (Å²) in [5.41, 5.74) is 1.31. The Morgan fingerprint density at radius 3 is 2.61 bits per heavy atom. The van der Waals surface area contributed by atoms with Gasteiger partial charge in [0.1, 0.15) is 5.82 Å². The molecule has 8 nitrogen and oxygen atoms in total. The van der Waals surface area contributed by atoms with Crippen LogP contribution in [0, 0.1) is 6.92 Å². The molecule has 0 saturated carbocycles. The minimum Gasteiger partial charge on any atom is -0.378 e. The first kappa shape index (κ1) is 20.7. The standard InChI is InChI=1S/C20H31N5O3/c1-4-23(5-2)18(26)14-25-8-6-7-17(25)19-16(13-21-15(3)22-19)20(27)24-9-11-28-12-10-24/h13,17H,4-12,14H2,1-3H3/t17-/m0/s1. The molecule has 1 aromatic heterocycles. The summed E-state index contributed by atoms with van der Waals surface area (Å²) in [6.45, 7) is 10.7. The third kappa shape index (κ3) is 4.50. The van der Waals surface area contributed by atoms with E-state index < -0.39 is 0 Å². The van der Waals surface area contributed by atoms with E-state index in [0.717, 1.165) is 25.1 Å². The zero-order valence-corrected chi connectivity index (χ0v) is 17.2. The van der Waals surface area contributed by atoms with Crippen molar-refractivity contribution >= 4 is 11.8 Å². The molecule has 3 heterocycles. The quantitative estimate of drug-likeness (QED) is 0.729. The number of aromatic nitrogens is 2. The van der Waals surface area contributed by atoms with Gasteiger partial charge in [-0.2, -0.15) is 0 Å². The summed E-state index contributed by atoms with van der Waals surface area (Å²) in [5.74, 6) is 0.736. The van der Waals surface area contributed by atoms with Crippen LogP contribution in [0.25, 0.3) is 0 Å². The molecule has 0 bridgehead atoms. The Morgan fingerprint density at radius 2 is 1.93 bits per heavy atom. The van der Waals surface area contributed by atoms with Crippen LogP contribution in [0.4, 0.5) is 0 Å². The normalized spacial score (nSPS) is 20.4. The van der Waals surface area contributed by atoms with E-state index in [0.29, 0.717) is 57.3 Å². The van der Waals surface area contributed by atoms with Crippen molar-refractivity contribution in [1.82, 2.24) is 24.7 Å². The SMILES string of the molecule is CCN(CC)C(=O)CN1CCC[C@H]1c1nc(C)ncc1C(=O)N1CCOCC1. The first-order valence-electron chi connectivity index (χ1n) is 10.3. The lowest BCUT2D eigenvalue weighted by molar-refractivity contribution is -0.132. The lowest BCUT2D eigenvalue weighted by Crippen LogP contribution is -2.42. The Balaban J connectivity index is 1.83. The molecule has 2 amide bonds. The van der Waals surface area contributed by atoms with Crippen LogP contribution < -0.4 is 0 Å². The van der Waals surface area contributed by atoms with Crippen LogP contribution in [0.5, 0.6) is 0 Å². The zero-order valence-electron chi connectivity index (χ0n) is 17.2. The number of likely N-dealkylation sites (tertiary alicyclic amines) is 1. The van der Waals surface area contributed by atoms with Crippen molar-refractivity contribution in [3.8, 4) is 0 Å². The Hall–Kier alpha value is -2.06. The maximum atomic E-state index is 13.1. The highest BCUT2D eigenvalue weighted by Gasteiger charge is 2.34. The van der Waals surface area contributed by atoms with Gasteiger partial charge in [-0.05, 0) is 40.2 Å². The van der Waals surface area contributed by atoms with E-state index in [9.17, 15) is 9.59 Å². The smallest absolute Gasteiger partial charge is 0.257 e. The van der Waals surface area contributed by atoms with E-state index in [1.54, 1.807) is 11.1 Å². The molecule has 1 aromatic rings. The highest BCUT2D eigenvalue weighted by atomic mass is 16.5. The summed E-state index contributed by atoms with van der Waals surface area (Å²) in [6, 6.07) is -0.0267. The number of rotatable bonds is 6. The first-order chi connectivity index (χ1) is 13.5. The van der Waals surface area contributed by atoms with Crippen LogP contribution in [0.15, 0.2) is 6.20 Å². The number of ether oxygens (including phenoxy) is 1. The maximum Gasteiger partial charge on any atom is 0.257 e. The molecule has 0 N–H and O–H groups in total. The lowest BCUT2D eigenvalue weighted by atomic mass is 10.0. The van der Waals surface area contributed by atoms with Crippen LogP contribution in [-0.4, -0.2) is 89.0 Å². The molecule has 0 unspecified atom stereocenters. The number of carbonyl (C=O) groups excluding carboxylic acids is 2. The van der Waals surface area contributed by atoms with E-state index in [2.05, 4.69) is 14.9 Å². The van der Waals surface area contributed by atoms with Crippen LogP contribution in [0.1, 0.15) is 54.6 Å². The van der Waals surface area contributed by atoms with Gasteiger partial charge in [-0.3, -0.25) is 14.5 Å². The van der Waals surface area contributed by atoms with Crippen molar-refractivity contribution in [2.75, 3.05) is 52.5 Å². The van der Waals surface area contributed by atoms with Crippen LogP contribution in [-0.2, 0) is 9.53 Å². The van der Waals surface area contributed by atoms with E-state index in [4.69, 9.17) is 4.74 Å². The average molecular weight is 390 g/mol. The van der Waals surface area contributed by atoms with Crippen molar-refractivity contribution < 1.29 is 14.3 Å². The van der Waals surface area contributed by atoms with Gasteiger partial charge < -0.3 is 14.5 Å². The third-order valence-corrected chi connectivity index (χ3v) is 5.60. The minimum absolute atomic E-state index is 0.0267. The van der Waals surface area contributed by atoms with Gasteiger partial charge in [-0.15, -0.1) is 0 Å². The van der Waals surface area contributed by atoms with Gasteiger partial charge in [-0.25, -0.2) is 9.97 Å². The van der Waals surface area contributed by atoms with Gasteiger partial charge in [0.05, 0.1) is 37.1 Å². The second kappa shape index (κ2) is 9.43. The van der Waals surface area contributed by atoms with E-state index >= 15 is 0 Å². The van der Waals surface area contributed by atoms with Crippen molar-refractivity contribution in [1.29, 1.82) is 0 Å². The number of morpholine rings is 1. The molecule has 0 aromatic carbocycles. The molecule has 28 heavy (non-hydrogen) atoms. The minimum atomic E-state index is -0.0415. The molecule has 0 aliphatic carbocycles. The summed E-state index contributed by atoms with van der Waals surface area (Å²) in [6.07, 6.45) is 3.54. The molecule has 2 saturated heterocycles. The van der Waals surface area contributed by atoms with Gasteiger partial charge in [0.15, 0.2) is 0 Å². The Bertz CT molecular complexity index is 701. The number of nitrogens with zero attached hydrogens (tertiary/aromatic N) is 5. The van der Waals surface area contributed by atoms with Crippen LogP contribution in [0.2, 0.25) is 0 Å². The first-order valence-corrected chi connectivity index (χ1v) is 10.3. The van der Waals surface area contributed by atoms with E-state index in [-0.39, 0.29) is 17.9 Å². The average Bonchev–Trinajstić information content (AvgIpc) is 3.17. The van der Waals surface area contributed by atoms with Gasteiger partial charge in [-0.1, -0.05) is 0 Å². The second-order valence-corrected chi connectivity index (χ2v) is 7.32. The number of hydrogen-bond donors (Lipinski definition) is 0.